The summed E-state index contributed by atoms with van der Waals surface area (Å²) >= 11 is 0. The molecule has 0 aromatic rings. The van der Waals surface area contributed by atoms with Crippen LogP contribution in [-0.4, -0.2) is 37.1 Å². The highest BCUT2D eigenvalue weighted by atomic mass is 15.2. The molecular weight excluding hydrogens is 172 g/mol. The van der Waals surface area contributed by atoms with Crippen molar-refractivity contribution in [1.82, 2.24) is 10.2 Å². The van der Waals surface area contributed by atoms with Gasteiger partial charge in [0.15, 0.2) is 0 Å². The first-order chi connectivity index (χ1) is 6.79. The molecule has 0 spiro atoms. The summed E-state index contributed by atoms with van der Waals surface area (Å²) in [5.41, 5.74) is 0. The van der Waals surface area contributed by atoms with Gasteiger partial charge in [-0.1, -0.05) is 20.3 Å². The van der Waals surface area contributed by atoms with Crippen molar-refractivity contribution in [2.45, 2.75) is 45.2 Å². The quantitative estimate of drug-likeness (QED) is 0.723. The highest BCUT2D eigenvalue weighted by Gasteiger charge is 2.45. The molecule has 2 saturated heterocycles. The number of likely N-dealkylation sites (tertiary alicyclic amines) is 1. The Morgan fingerprint density at radius 1 is 1.29 bits per heavy atom. The molecule has 0 radical (unpaired) electrons. The largest absolute Gasteiger partial charge is 0.316 e. The van der Waals surface area contributed by atoms with Gasteiger partial charge in [0.2, 0.25) is 0 Å². The van der Waals surface area contributed by atoms with Crippen LogP contribution >= 0.6 is 0 Å². The topological polar surface area (TPSA) is 15.3 Å². The van der Waals surface area contributed by atoms with Crippen LogP contribution < -0.4 is 5.32 Å². The van der Waals surface area contributed by atoms with E-state index in [1.54, 1.807) is 0 Å². The first-order valence-electron chi connectivity index (χ1n) is 6.22. The lowest BCUT2D eigenvalue weighted by molar-refractivity contribution is 0.191. The van der Waals surface area contributed by atoms with Gasteiger partial charge in [-0.05, 0) is 44.8 Å². The van der Waals surface area contributed by atoms with E-state index >= 15 is 0 Å². The Labute approximate surface area is 88.1 Å². The fourth-order valence-electron chi connectivity index (χ4n) is 3.81. The minimum absolute atomic E-state index is 0.842. The van der Waals surface area contributed by atoms with Gasteiger partial charge in [-0.3, -0.25) is 4.90 Å². The summed E-state index contributed by atoms with van der Waals surface area (Å²) in [6, 6.07) is 1.71. The first-order valence-corrected chi connectivity index (χ1v) is 6.22. The third-order valence-corrected chi connectivity index (χ3v) is 4.47. The third-order valence-electron chi connectivity index (χ3n) is 4.47. The maximum absolute atomic E-state index is 3.56. The van der Waals surface area contributed by atoms with Crippen LogP contribution in [0.25, 0.3) is 0 Å². The molecule has 0 saturated carbocycles. The van der Waals surface area contributed by atoms with Crippen molar-refractivity contribution in [3.63, 3.8) is 0 Å². The predicted octanol–water partition coefficient (Wildman–Crippen LogP) is 1.71. The molecule has 0 bridgehead atoms. The van der Waals surface area contributed by atoms with Crippen molar-refractivity contribution in [3.05, 3.63) is 0 Å². The van der Waals surface area contributed by atoms with Crippen molar-refractivity contribution in [2.75, 3.05) is 20.1 Å². The molecule has 0 aromatic carbocycles. The summed E-state index contributed by atoms with van der Waals surface area (Å²) in [7, 11) is 2.34. The monoisotopic (exact) mass is 196 g/mol. The molecule has 4 unspecified atom stereocenters. The van der Waals surface area contributed by atoms with E-state index in [4.69, 9.17) is 0 Å². The number of rotatable bonds is 2. The predicted molar refractivity (Wildman–Crippen MR) is 60.4 cm³/mol. The van der Waals surface area contributed by atoms with Crippen LogP contribution in [0, 0.1) is 11.8 Å². The zero-order valence-corrected chi connectivity index (χ0v) is 9.79. The molecule has 2 fully saturated rings. The van der Waals surface area contributed by atoms with E-state index in [-0.39, 0.29) is 0 Å². The SMILES string of the molecule is CCC1C2CNCCC2N(C)C1CC. The highest BCUT2D eigenvalue weighted by Crippen LogP contribution is 2.40. The molecule has 2 nitrogen and oxygen atoms in total. The van der Waals surface area contributed by atoms with Gasteiger partial charge in [0, 0.05) is 12.1 Å². The molecule has 4 atom stereocenters. The van der Waals surface area contributed by atoms with Crippen molar-refractivity contribution < 1.29 is 0 Å². The van der Waals surface area contributed by atoms with Gasteiger partial charge in [-0.15, -0.1) is 0 Å². The van der Waals surface area contributed by atoms with E-state index in [1.807, 2.05) is 0 Å². The summed E-state index contributed by atoms with van der Waals surface area (Å²) in [4.78, 5) is 2.67. The Morgan fingerprint density at radius 2 is 2.07 bits per heavy atom. The number of fused-ring (bicyclic) bond motifs is 1. The number of nitrogens with zero attached hydrogens (tertiary/aromatic N) is 1. The molecule has 0 aromatic heterocycles. The maximum Gasteiger partial charge on any atom is 0.0151 e. The van der Waals surface area contributed by atoms with Crippen molar-refractivity contribution in [3.8, 4) is 0 Å². The van der Waals surface area contributed by atoms with Gasteiger partial charge in [-0.25, -0.2) is 0 Å². The summed E-state index contributed by atoms with van der Waals surface area (Å²) in [5.74, 6) is 1.85. The molecule has 2 heteroatoms. The molecule has 2 heterocycles. The summed E-state index contributed by atoms with van der Waals surface area (Å²) < 4.78 is 0. The molecule has 82 valence electrons. The molecule has 2 aliphatic rings. The Kier molecular flexibility index (Phi) is 3.13. The van der Waals surface area contributed by atoms with E-state index in [9.17, 15) is 0 Å². The number of nitrogens with one attached hydrogen (secondary N) is 1. The fourth-order valence-corrected chi connectivity index (χ4v) is 3.81. The van der Waals surface area contributed by atoms with Gasteiger partial charge < -0.3 is 5.32 Å². The normalized spacial score (nSPS) is 43.9. The van der Waals surface area contributed by atoms with E-state index in [2.05, 4.69) is 31.1 Å². The molecule has 2 rings (SSSR count). The van der Waals surface area contributed by atoms with Crippen LogP contribution in [0.15, 0.2) is 0 Å². The Balaban J connectivity index is 2.14. The van der Waals surface area contributed by atoms with Gasteiger partial charge in [0.25, 0.3) is 0 Å². The van der Waals surface area contributed by atoms with Crippen molar-refractivity contribution >= 4 is 0 Å². The summed E-state index contributed by atoms with van der Waals surface area (Å²) in [5, 5.41) is 3.56. The smallest absolute Gasteiger partial charge is 0.0151 e. The van der Waals surface area contributed by atoms with Crippen molar-refractivity contribution in [2.24, 2.45) is 11.8 Å². The third kappa shape index (κ3) is 1.49. The molecule has 0 aliphatic carbocycles. The average molecular weight is 196 g/mol. The number of hydrogen-bond acceptors (Lipinski definition) is 2. The lowest BCUT2D eigenvalue weighted by Crippen LogP contribution is -2.43. The van der Waals surface area contributed by atoms with E-state index in [1.165, 1.54) is 32.4 Å². The number of piperidine rings is 1. The molecule has 0 amide bonds. The minimum atomic E-state index is 0.842. The van der Waals surface area contributed by atoms with Gasteiger partial charge in [0.05, 0.1) is 0 Å². The molecule has 14 heavy (non-hydrogen) atoms. The van der Waals surface area contributed by atoms with Crippen molar-refractivity contribution in [1.29, 1.82) is 0 Å². The van der Waals surface area contributed by atoms with Crippen LogP contribution in [0.3, 0.4) is 0 Å². The second-order valence-electron chi connectivity index (χ2n) is 4.94. The van der Waals surface area contributed by atoms with Crippen LogP contribution in [0.5, 0.6) is 0 Å². The molecule has 1 N–H and O–H groups in total. The number of hydrogen-bond donors (Lipinski definition) is 1. The van der Waals surface area contributed by atoms with E-state index in [0.29, 0.717) is 0 Å². The second-order valence-corrected chi connectivity index (χ2v) is 4.94. The van der Waals surface area contributed by atoms with E-state index in [0.717, 1.165) is 23.9 Å². The molecule has 2 aliphatic heterocycles. The fraction of sp³-hybridized carbons (Fsp3) is 1.00. The average Bonchev–Trinajstić information content (AvgIpc) is 2.51. The summed E-state index contributed by atoms with van der Waals surface area (Å²) in [6.07, 6.45) is 4.03. The minimum Gasteiger partial charge on any atom is -0.316 e. The van der Waals surface area contributed by atoms with Crippen LogP contribution in [0.2, 0.25) is 0 Å². The van der Waals surface area contributed by atoms with Gasteiger partial charge in [-0.2, -0.15) is 0 Å². The zero-order valence-electron chi connectivity index (χ0n) is 9.79. The van der Waals surface area contributed by atoms with Crippen LogP contribution in [0.1, 0.15) is 33.1 Å². The Bertz CT molecular complexity index is 187. The van der Waals surface area contributed by atoms with Gasteiger partial charge >= 0.3 is 0 Å². The lowest BCUT2D eigenvalue weighted by Gasteiger charge is -2.31. The van der Waals surface area contributed by atoms with Crippen LogP contribution in [-0.2, 0) is 0 Å². The van der Waals surface area contributed by atoms with Gasteiger partial charge in [0.1, 0.15) is 0 Å². The standard InChI is InChI=1S/C12H24N2/c1-4-9-10-8-13-7-6-12(10)14(3)11(9)5-2/h9-13H,4-8H2,1-3H3. The first kappa shape index (κ1) is 10.4. The Hall–Kier alpha value is -0.0800. The van der Waals surface area contributed by atoms with Crippen LogP contribution in [0.4, 0.5) is 0 Å². The van der Waals surface area contributed by atoms with E-state index < -0.39 is 0 Å². The maximum atomic E-state index is 3.56. The summed E-state index contributed by atoms with van der Waals surface area (Å²) in [6.45, 7) is 7.18. The molecular formula is C12H24N2. The second kappa shape index (κ2) is 4.19. The highest BCUT2D eigenvalue weighted by molar-refractivity contribution is 5.00. The Morgan fingerprint density at radius 3 is 2.71 bits per heavy atom. The zero-order chi connectivity index (χ0) is 10.1. The lowest BCUT2D eigenvalue weighted by atomic mass is 9.82.